The van der Waals surface area contributed by atoms with Crippen LogP contribution in [-0.4, -0.2) is 57.8 Å². The topological polar surface area (TPSA) is 61.4 Å². The van der Waals surface area contributed by atoms with Crippen LogP contribution in [0.4, 0.5) is 0 Å². The average Bonchev–Trinajstić information content (AvgIpc) is 2.33. The highest BCUT2D eigenvalue weighted by atomic mass is 35.5. The molecule has 124 valence electrons. The van der Waals surface area contributed by atoms with Crippen LogP contribution in [0.3, 0.4) is 0 Å². The summed E-state index contributed by atoms with van der Waals surface area (Å²) in [5.41, 5.74) is 0.505. The third-order valence-corrected chi connectivity index (χ3v) is 6.73. The van der Waals surface area contributed by atoms with Crippen molar-refractivity contribution in [3.8, 4) is 0 Å². The van der Waals surface area contributed by atoms with E-state index in [1.54, 1.807) is 6.92 Å². The molecule has 1 spiro atoms. The molecule has 2 saturated heterocycles. The number of nitrogens with one attached hydrogen (secondary N) is 2. The van der Waals surface area contributed by atoms with Gasteiger partial charge in [-0.1, -0.05) is 0 Å². The van der Waals surface area contributed by atoms with Crippen molar-refractivity contribution in [3.05, 3.63) is 0 Å². The SMILES string of the molecule is CCS(=O)(=O)NC1CCC2(CC1)CN(CC1CNC1)C2.Cl. The molecular formula is C14H28ClN3O2S. The summed E-state index contributed by atoms with van der Waals surface area (Å²) in [7, 11) is -3.03. The summed E-state index contributed by atoms with van der Waals surface area (Å²) in [6, 6.07) is 0.176. The molecule has 0 aromatic rings. The van der Waals surface area contributed by atoms with Crippen LogP contribution < -0.4 is 10.0 Å². The quantitative estimate of drug-likeness (QED) is 0.779. The maximum absolute atomic E-state index is 11.6. The molecule has 21 heavy (non-hydrogen) atoms. The van der Waals surface area contributed by atoms with Gasteiger partial charge in [0.15, 0.2) is 0 Å². The van der Waals surface area contributed by atoms with Gasteiger partial charge in [-0.2, -0.15) is 0 Å². The first-order valence-electron chi connectivity index (χ1n) is 7.93. The van der Waals surface area contributed by atoms with Gasteiger partial charge in [-0.05, 0) is 43.9 Å². The molecule has 0 radical (unpaired) electrons. The predicted octanol–water partition coefficient (Wildman–Crippen LogP) is 0.811. The van der Waals surface area contributed by atoms with Crippen molar-refractivity contribution in [2.45, 2.75) is 38.6 Å². The van der Waals surface area contributed by atoms with Crippen molar-refractivity contribution in [1.82, 2.24) is 14.9 Å². The Morgan fingerprint density at radius 2 is 1.86 bits per heavy atom. The van der Waals surface area contributed by atoms with E-state index in [4.69, 9.17) is 0 Å². The summed E-state index contributed by atoms with van der Waals surface area (Å²) in [6.07, 6.45) is 4.39. The fourth-order valence-electron chi connectivity index (χ4n) is 3.88. The van der Waals surface area contributed by atoms with Crippen LogP contribution in [0.25, 0.3) is 0 Å². The molecule has 5 nitrogen and oxygen atoms in total. The molecule has 7 heteroatoms. The van der Waals surface area contributed by atoms with E-state index in [1.807, 2.05) is 0 Å². The van der Waals surface area contributed by atoms with Gasteiger partial charge in [0.2, 0.25) is 10.0 Å². The molecule has 3 aliphatic rings. The second-order valence-electron chi connectivity index (χ2n) is 6.99. The first-order chi connectivity index (χ1) is 9.50. The van der Waals surface area contributed by atoms with Gasteiger partial charge < -0.3 is 10.2 Å². The van der Waals surface area contributed by atoms with Crippen molar-refractivity contribution in [2.75, 3.05) is 38.5 Å². The largest absolute Gasteiger partial charge is 0.316 e. The van der Waals surface area contributed by atoms with Gasteiger partial charge >= 0.3 is 0 Å². The molecule has 1 saturated carbocycles. The summed E-state index contributed by atoms with van der Waals surface area (Å²) < 4.78 is 26.0. The molecule has 2 N–H and O–H groups in total. The molecule has 0 atom stereocenters. The van der Waals surface area contributed by atoms with E-state index < -0.39 is 10.0 Å². The van der Waals surface area contributed by atoms with E-state index in [0.29, 0.717) is 5.41 Å². The number of rotatable bonds is 5. The van der Waals surface area contributed by atoms with Gasteiger partial charge in [-0.3, -0.25) is 0 Å². The first kappa shape index (κ1) is 17.5. The van der Waals surface area contributed by atoms with Gasteiger partial charge in [0.05, 0.1) is 5.75 Å². The minimum Gasteiger partial charge on any atom is -0.316 e. The molecule has 2 aliphatic heterocycles. The fraction of sp³-hybridized carbons (Fsp3) is 1.00. The normalized spacial score (nSPS) is 26.9. The smallest absolute Gasteiger partial charge is 0.211 e. The van der Waals surface area contributed by atoms with E-state index in [9.17, 15) is 8.42 Å². The summed E-state index contributed by atoms with van der Waals surface area (Å²) in [6.45, 7) is 7.79. The highest BCUT2D eigenvalue weighted by Gasteiger charge is 2.45. The van der Waals surface area contributed by atoms with Crippen LogP contribution in [0, 0.1) is 11.3 Å². The minimum atomic E-state index is -3.03. The highest BCUT2D eigenvalue weighted by Crippen LogP contribution is 2.44. The second kappa shape index (κ2) is 6.71. The maximum Gasteiger partial charge on any atom is 0.211 e. The fourth-order valence-corrected chi connectivity index (χ4v) is 4.79. The molecule has 0 bridgehead atoms. The van der Waals surface area contributed by atoms with Crippen LogP contribution in [0.5, 0.6) is 0 Å². The first-order valence-corrected chi connectivity index (χ1v) is 9.59. The standard InChI is InChI=1S/C14H27N3O2S.ClH/c1-2-20(18,19)16-13-3-5-14(6-4-13)10-17(11-14)9-12-7-15-8-12;/h12-13,15-16H,2-11H2,1H3;1H. The highest BCUT2D eigenvalue weighted by molar-refractivity contribution is 7.89. The molecule has 2 heterocycles. The Hall–Kier alpha value is 0.120. The Bertz CT molecular complexity index is 437. The number of halogens is 1. The number of hydrogen-bond donors (Lipinski definition) is 2. The lowest BCUT2D eigenvalue weighted by atomic mass is 9.67. The lowest BCUT2D eigenvalue weighted by Crippen LogP contribution is -2.61. The molecule has 1 aliphatic carbocycles. The van der Waals surface area contributed by atoms with Crippen molar-refractivity contribution in [1.29, 1.82) is 0 Å². The van der Waals surface area contributed by atoms with Gasteiger partial charge in [0.1, 0.15) is 0 Å². The summed E-state index contributed by atoms with van der Waals surface area (Å²) in [4.78, 5) is 2.59. The summed E-state index contributed by atoms with van der Waals surface area (Å²) in [5.74, 6) is 1.05. The monoisotopic (exact) mass is 337 g/mol. The Balaban J connectivity index is 0.00000161. The van der Waals surface area contributed by atoms with Crippen LogP contribution in [0.2, 0.25) is 0 Å². The number of sulfonamides is 1. The van der Waals surface area contributed by atoms with Crippen LogP contribution in [0.1, 0.15) is 32.6 Å². The number of likely N-dealkylation sites (tertiary alicyclic amines) is 1. The second-order valence-corrected chi connectivity index (χ2v) is 9.03. The Morgan fingerprint density at radius 3 is 2.33 bits per heavy atom. The molecular weight excluding hydrogens is 310 g/mol. The molecule has 3 rings (SSSR count). The number of hydrogen-bond acceptors (Lipinski definition) is 4. The zero-order valence-corrected chi connectivity index (χ0v) is 14.4. The van der Waals surface area contributed by atoms with Crippen LogP contribution in [-0.2, 0) is 10.0 Å². The van der Waals surface area contributed by atoms with Crippen molar-refractivity contribution < 1.29 is 8.42 Å². The molecule has 0 aromatic carbocycles. The third kappa shape index (κ3) is 4.10. The van der Waals surface area contributed by atoms with Gasteiger partial charge in [0, 0.05) is 38.8 Å². The lowest BCUT2D eigenvalue weighted by Gasteiger charge is -2.55. The molecule has 0 aromatic heterocycles. The summed E-state index contributed by atoms with van der Waals surface area (Å²) >= 11 is 0. The van der Waals surface area contributed by atoms with E-state index in [0.717, 1.165) is 18.8 Å². The van der Waals surface area contributed by atoms with E-state index >= 15 is 0 Å². The zero-order valence-electron chi connectivity index (χ0n) is 12.8. The minimum absolute atomic E-state index is 0. The average molecular weight is 338 g/mol. The van der Waals surface area contributed by atoms with E-state index in [-0.39, 0.29) is 24.2 Å². The summed E-state index contributed by atoms with van der Waals surface area (Å²) in [5, 5.41) is 3.33. The van der Waals surface area contributed by atoms with E-state index in [2.05, 4.69) is 14.9 Å². The molecule has 0 unspecified atom stereocenters. The van der Waals surface area contributed by atoms with Crippen LogP contribution >= 0.6 is 12.4 Å². The van der Waals surface area contributed by atoms with Gasteiger partial charge in [-0.25, -0.2) is 13.1 Å². The maximum atomic E-state index is 11.6. The van der Waals surface area contributed by atoms with Crippen LogP contribution in [0.15, 0.2) is 0 Å². The van der Waals surface area contributed by atoms with E-state index in [1.165, 1.54) is 45.6 Å². The van der Waals surface area contributed by atoms with Crippen molar-refractivity contribution >= 4 is 22.4 Å². The number of nitrogens with zero attached hydrogens (tertiary/aromatic N) is 1. The Kier molecular flexibility index (Phi) is 5.58. The van der Waals surface area contributed by atoms with Crippen molar-refractivity contribution in [2.24, 2.45) is 11.3 Å². The molecule has 3 fully saturated rings. The van der Waals surface area contributed by atoms with Crippen molar-refractivity contribution in [3.63, 3.8) is 0 Å². The predicted molar refractivity (Wildman–Crippen MR) is 87.3 cm³/mol. The Labute approximate surface area is 134 Å². The zero-order chi connectivity index (χ0) is 14.2. The Morgan fingerprint density at radius 1 is 1.24 bits per heavy atom. The molecule has 0 amide bonds. The lowest BCUT2D eigenvalue weighted by molar-refractivity contribution is -0.0437. The van der Waals surface area contributed by atoms with Gasteiger partial charge in [-0.15, -0.1) is 12.4 Å². The van der Waals surface area contributed by atoms with Gasteiger partial charge in [0.25, 0.3) is 0 Å². The third-order valence-electron chi connectivity index (χ3n) is 5.27.